The highest BCUT2D eigenvalue weighted by Crippen LogP contribution is 2.27. The van der Waals surface area contributed by atoms with E-state index >= 15 is 0 Å². The van der Waals surface area contributed by atoms with Gasteiger partial charge in [0, 0.05) is 25.8 Å². The third-order valence-electron chi connectivity index (χ3n) is 3.20. The van der Waals surface area contributed by atoms with Crippen molar-refractivity contribution in [3.63, 3.8) is 0 Å². The number of methoxy groups -OCH3 is 1. The van der Waals surface area contributed by atoms with Crippen molar-refractivity contribution in [3.8, 4) is 0 Å². The molecule has 1 aliphatic rings. The fraction of sp³-hybridized carbons (Fsp3) is 0.538. The molecule has 0 amide bonds. The molecule has 1 atom stereocenters. The van der Waals surface area contributed by atoms with E-state index < -0.39 is 10.9 Å². The summed E-state index contributed by atoms with van der Waals surface area (Å²) in [5.41, 5.74) is -0.0762. The van der Waals surface area contributed by atoms with E-state index in [1.807, 2.05) is 6.92 Å². The average molecular weight is 295 g/mol. The Labute approximate surface area is 121 Å². The Morgan fingerprint density at radius 1 is 1.57 bits per heavy atom. The van der Waals surface area contributed by atoms with Crippen LogP contribution in [0.5, 0.6) is 0 Å². The van der Waals surface area contributed by atoms with Crippen molar-refractivity contribution < 1.29 is 19.2 Å². The molecule has 8 nitrogen and oxygen atoms in total. The van der Waals surface area contributed by atoms with Gasteiger partial charge in [-0.25, -0.2) is 9.78 Å². The zero-order valence-corrected chi connectivity index (χ0v) is 11.9. The van der Waals surface area contributed by atoms with Gasteiger partial charge in [-0.05, 0) is 19.4 Å². The minimum Gasteiger partial charge on any atom is -0.464 e. The lowest BCUT2D eigenvalue weighted by Crippen LogP contribution is -2.31. The van der Waals surface area contributed by atoms with Gasteiger partial charge in [0.1, 0.15) is 0 Å². The van der Waals surface area contributed by atoms with Gasteiger partial charge in [-0.2, -0.15) is 0 Å². The first kappa shape index (κ1) is 15.2. The van der Waals surface area contributed by atoms with Gasteiger partial charge in [0.15, 0.2) is 5.69 Å². The molecular formula is C13H17N3O5. The highest BCUT2D eigenvalue weighted by atomic mass is 16.6. The summed E-state index contributed by atoms with van der Waals surface area (Å²) in [4.78, 5) is 28.1. The van der Waals surface area contributed by atoms with Crippen LogP contribution in [0.4, 0.5) is 11.5 Å². The summed E-state index contributed by atoms with van der Waals surface area (Å²) in [6.45, 7) is 3.57. The lowest BCUT2D eigenvalue weighted by molar-refractivity contribution is -0.384. The lowest BCUT2D eigenvalue weighted by atomic mass is 10.2. The molecule has 0 saturated carbocycles. The summed E-state index contributed by atoms with van der Waals surface area (Å²) in [7, 11) is 1.24. The van der Waals surface area contributed by atoms with Crippen LogP contribution in [0.15, 0.2) is 12.1 Å². The molecule has 21 heavy (non-hydrogen) atoms. The highest BCUT2D eigenvalue weighted by molar-refractivity contribution is 5.88. The van der Waals surface area contributed by atoms with E-state index in [2.05, 4.69) is 9.72 Å². The predicted molar refractivity (Wildman–Crippen MR) is 74.5 cm³/mol. The van der Waals surface area contributed by atoms with Gasteiger partial charge in [-0.3, -0.25) is 10.1 Å². The number of rotatable bonds is 3. The zero-order valence-electron chi connectivity index (χ0n) is 11.9. The number of ether oxygens (including phenoxy) is 2. The van der Waals surface area contributed by atoms with Crippen molar-refractivity contribution in [2.24, 2.45) is 0 Å². The molecular weight excluding hydrogens is 278 g/mol. The molecule has 0 aliphatic carbocycles. The Kier molecular flexibility index (Phi) is 4.69. The minimum absolute atomic E-state index is 0.0518. The van der Waals surface area contributed by atoms with Crippen LogP contribution < -0.4 is 4.90 Å². The van der Waals surface area contributed by atoms with E-state index in [1.165, 1.54) is 19.2 Å². The molecule has 1 aromatic rings. The number of pyridine rings is 1. The van der Waals surface area contributed by atoms with Gasteiger partial charge in [0.2, 0.25) is 5.82 Å². The summed E-state index contributed by atoms with van der Waals surface area (Å²) in [6, 6.07) is 2.58. The Bertz CT molecular complexity index is 549. The summed E-state index contributed by atoms with van der Waals surface area (Å²) in [6.07, 6.45) is 0.682. The number of carbonyl (C=O) groups is 1. The molecule has 0 aromatic carbocycles. The minimum atomic E-state index is -0.620. The number of hydrogen-bond acceptors (Lipinski definition) is 7. The van der Waals surface area contributed by atoms with Crippen molar-refractivity contribution in [2.45, 2.75) is 19.4 Å². The third-order valence-corrected chi connectivity index (χ3v) is 3.20. The number of carbonyl (C=O) groups excluding carboxylic acids is 1. The summed E-state index contributed by atoms with van der Waals surface area (Å²) in [5, 5.41) is 11.2. The number of nitrogens with zero attached hydrogens (tertiary/aromatic N) is 3. The van der Waals surface area contributed by atoms with Crippen molar-refractivity contribution in [2.75, 3.05) is 31.7 Å². The van der Waals surface area contributed by atoms with E-state index in [0.717, 1.165) is 6.42 Å². The van der Waals surface area contributed by atoms with Crippen LogP contribution in [0.3, 0.4) is 0 Å². The lowest BCUT2D eigenvalue weighted by Gasteiger charge is -2.23. The van der Waals surface area contributed by atoms with Crippen LogP contribution in [0.1, 0.15) is 23.8 Å². The van der Waals surface area contributed by atoms with Gasteiger partial charge >= 0.3 is 11.7 Å². The molecule has 1 aliphatic heterocycles. The van der Waals surface area contributed by atoms with E-state index in [0.29, 0.717) is 19.7 Å². The molecule has 0 bridgehead atoms. The fourth-order valence-corrected chi connectivity index (χ4v) is 2.22. The summed E-state index contributed by atoms with van der Waals surface area (Å²) < 4.78 is 10.1. The third kappa shape index (κ3) is 3.46. The fourth-order valence-electron chi connectivity index (χ4n) is 2.22. The second-order valence-electron chi connectivity index (χ2n) is 4.77. The van der Waals surface area contributed by atoms with Crippen molar-refractivity contribution in [1.82, 2.24) is 4.98 Å². The van der Waals surface area contributed by atoms with Crippen LogP contribution in [0.2, 0.25) is 0 Å². The molecule has 0 spiro atoms. The van der Waals surface area contributed by atoms with Crippen molar-refractivity contribution in [1.29, 1.82) is 0 Å². The van der Waals surface area contributed by atoms with E-state index in [9.17, 15) is 14.9 Å². The van der Waals surface area contributed by atoms with Crippen LogP contribution in [0.25, 0.3) is 0 Å². The first-order chi connectivity index (χ1) is 10.0. The number of hydrogen-bond donors (Lipinski definition) is 0. The van der Waals surface area contributed by atoms with Gasteiger partial charge in [-0.1, -0.05) is 0 Å². The second kappa shape index (κ2) is 6.49. The van der Waals surface area contributed by atoms with Crippen LogP contribution in [-0.2, 0) is 9.47 Å². The second-order valence-corrected chi connectivity index (χ2v) is 4.77. The van der Waals surface area contributed by atoms with E-state index in [-0.39, 0.29) is 23.3 Å². The molecule has 2 rings (SSSR count). The first-order valence-electron chi connectivity index (χ1n) is 6.63. The smallest absolute Gasteiger partial charge is 0.356 e. The van der Waals surface area contributed by atoms with Gasteiger partial charge < -0.3 is 14.4 Å². The van der Waals surface area contributed by atoms with Gasteiger partial charge in [0.25, 0.3) is 0 Å². The Balaban J connectivity index is 2.42. The molecule has 1 unspecified atom stereocenters. The Morgan fingerprint density at radius 2 is 2.33 bits per heavy atom. The largest absolute Gasteiger partial charge is 0.464 e. The monoisotopic (exact) mass is 295 g/mol. The highest BCUT2D eigenvalue weighted by Gasteiger charge is 2.26. The maximum absolute atomic E-state index is 11.6. The topological polar surface area (TPSA) is 94.8 Å². The molecule has 2 heterocycles. The van der Waals surface area contributed by atoms with Crippen LogP contribution in [-0.4, -0.2) is 48.8 Å². The number of esters is 1. The van der Waals surface area contributed by atoms with Gasteiger partial charge in [-0.15, -0.1) is 0 Å². The predicted octanol–water partition coefficient (Wildman–Crippen LogP) is 1.39. The van der Waals surface area contributed by atoms with Gasteiger partial charge in [0.05, 0.1) is 18.1 Å². The number of nitro groups is 1. The first-order valence-corrected chi connectivity index (χ1v) is 6.63. The Morgan fingerprint density at radius 3 is 3.00 bits per heavy atom. The Hall–Kier alpha value is -2.22. The van der Waals surface area contributed by atoms with E-state index in [1.54, 1.807) is 4.90 Å². The molecule has 0 radical (unpaired) electrons. The molecule has 114 valence electrons. The molecule has 1 aromatic heterocycles. The maximum atomic E-state index is 11.6. The quantitative estimate of drug-likeness (QED) is 0.472. The van der Waals surface area contributed by atoms with E-state index in [4.69, 9.17) is 4.74 Å². The average Bonchev–Trinajstić information content (AvgIpc) is 2.70. The molecule has 8 heteroatoms. The standard InChI is InChI=1S/C13H17N3O5/c1-9-8-15(6-3-7-21-9)12-11(16(18)19)5-4-10(14-12)13(17)20-2/h4-5,9H,3,6-8H2,1-2H3. The van der Waals surface area contributed by atoms with Crippen LogP contribution in [0, 0.1) is 10.1 Å². The molecule has 1 saturated heterocycles. The van der Waals surface area contributed by atoms with Crippen molar-refractivity contribution in [3.05, 3.63) is 27.9 Å². The maximum Gasteiger partial charge on any atom is 0.356 e. The summed E-state index contributed by atoms with van der Waals surface area (Å²) in [5.74, 6) is -0.439. The molecule has 0 N–H and O–H groups in total. The normalized spacial score (nSPS) is 19.0. The number of anilines is 1. The number of aromatic nitrogens is 1. The summed E-state index contributed by atoms with van der Waals surface area (Å²) >= 11 is 0. The van der Waals surface area contributed by atoms with Crippen LogP contribution >= 0.6 is 0 Å². The zero-order chi connectivity index (χ0) is 15.4. The molecule has 1 fully saturated rings. The van der Waals surface area contributed by atoms with Crippen molar-refractivity contribution >= 4 is 17.5 Å². The SMILES string of the molecule is COC(=O)c1ccc([N+](=O)[O-])c(N2CCCOC(C)C2)n1.